The highest BCUT2D eigenvalue weighted by Crippen LogP contribution is 2.40. The smallest absolute Gasteiger partial charge is 0.414 e. The molecule has 3 heterocycles. The maximum absolute atomic E-state index is 12.0. The monoisotopic (exact) mass is 459 g/mol. The molecule has 1 spiro atoms. The van der Waals surface area contributed by atoms with Crippen LogP contribution in [-0.4, -0.2) is 67.8 Å². The fourth-order valence-corrected chi connectivity index (χ4v) is 5.01. The van der Waals surface area contributed by atoms with Crippen molar-refractivity contribution in [2.24, 2.45) is 0 Å². The zero-order valence-electron chi connectivity index (χ0n) is 19.6. The molecule has 1 aromatic heterocycles. The lowest BCUT2D eigenvalue weighted by Gasteiger charge is -2.35. The Labute approximate surface area is 199 Å². The Morgan fingerprint density at radius 3 is 2.76 bits per heavy atom. The van der Waals surface area contributed by atoms with Crippen LogP contribution in [0.5, 0.6) is 11.5 Å². The van der Waals surface area contributed by atoms with Gasteiger partial charge < -0.3 is 24.7 Å². The molecular weight excluding hydrogens is 430 g/mol. The van der Waals surface area contributed by atoms with Crippen molar-refractivity contribution in [3.05, 3.63) is 59.3 Å². The molecule has 0 bridgehead atoms. The van der Waals surface area contributed by atoms with E-state index in [0.29, 0.717) is 17.9 Å². The number of fused-ring (bicyclic) bond motifs is 4. The predicted octanol–water partition coefficient (Wildman–Crippen LogP) is 3.23. The van der Waals surface area contributed by atoms with Crippen LogP contribution in [0.4, 0.5) is 4.79 Å². The van der Waals surface area contributed by atoms with Gasteiger partial charge in [0.05, 0.1) is 17.2 Å². The molecule has 2 N–H and O–H groups in total. The van der Waals surface area contributed by atoms with Crippen molar-refractivity contribution in [1.29, 1.82) is 5.26 Å². The highest BCUT2D eigenvalue weighted by atomic mass is 16.6. The van der Waals surface area contributed by atoms with Crippen LogP contribution in [0.1, 0.15) is 23.2 Å². The topological polar surface area (TPSA) is 93.6 Å². The van der Waals surface area contributed by atoms with Gasteiger partial charge in [0.15, 0.2) is 0 Å². The molecule has 0 saturated carbocycles. The van der Waals surface area contributed by atoms with Gasteiger partial charge >= 0.3 is 6.09 Å². The summed E-state index contributed by atoms with van der Waals surface area (Å²) in [6.07, 6.45) is 1.58. The Morgan fingerprint density at radius 1 is 1.21 bits per heavy atom. The molecular formula is C26H29N5O3. The van der Waals surface area contributed by atoms with Gasteiger partial charge in [-0.3, -0.25) is 4.90 Å². The van der Waals surface area contributed by atoms with E-state index >= 15 is 0 Å². The van der Waals surface area contributed by atoms with E-state index in [0.717, 1.165) is 55.7 Å². The maximum Gasteiger partial charge on any atom is 0.414 e. The summed E-state index contributed by atoms with van der Waals surface area (Å²) in [7, 11) is 3.35. The highest BCUT2D eigenvalue weighted by molar-refractivity contribution is 5.87. The number of rotatable bonds is 5. The molecule has 8 nitrogen and oxygen atoms in total. The Bertz CT molecular complexity index is 1240. The number of benzene rings is 2. The van der Waals surface area contributed by atoms with Gasteiger partial charge in [0.1, 0.15) is 18.1 Å². The van der Waals surface area contributed by atoms with Crippen molar-refractivity contribution < 1.29 is 14.3 Å². The molecule has 2 aliphatic rings. The highest BCUT2D eigenvalue weighted by Gasteiger charge is 2.44. The standard InChI is InChI=1S/C26H29N5O3/c1-30(2)25(32)34-20-7-8-23-22(15-20)21-9-11-28-26(24(21)29-23)10-12-31(17-26)13-14-33-19-5-3-18(16-27)4-6-19/h3-8,15,28-29H,9-14,17H2,1-2H3/t26-/m1/s1. The Hall–Kier alpha value is -3.54. The van der Waals surface area contributed by atoms with Crippen molar-refractivity contribution in [3.63, 3.8) is 0 Å². The van der Waals surface area contributed by atoms with Gasteiger partial charge in [-0.15, -0.1) is 0 Å². The number of carbonyl (C=O) groups is 1. The Morgan fingerprint density at radius 2 is 2.00 bits per heavy atom. The number of likely N-dealkylation sites (tertiary alicyclic amines) is 1. The second-order valence-electron chi connectivity index (χ2n) is 9.22. The quantitative estimate of drug-likeness (QED) is 0.609. The molecule has 0 aliphatic carbocycles. The lowest BCUT2D eigenvalue weighted by atomic mass is 9.86. The number of nitrogens with zero attached hydrogens (tertiary/aromatic N) is 3. The summed E-state index contributed by atoms with van der Waals surface area (Å²) in [6, 6.07) is 15.2. The van der Waals surface area contributed by atoms with Crippen molar-refractivity contribution in [2.45, 2.75) is 18.4 Å². The number of ether oxygens (including phenoxy) is 2. The number of nitrogens with one attached hydrogen (secondary N) is 2. The third kappa shape index (κ3) is 4.20. The largest absolute Gasteiger partial charge is 0.492 e. The van der Waals surface area contributed by atoms with Crippen LogP contribution in [0, 0.1) is 11.3 Å². The molecule has 1 fully saturated rings. The minimum absolute atomic E-state index is 0.110. The Kier molecular flexibility index (Phi) is 5.90. The van der Waals surface area contributed by atoms with Crippen LogP contribution >= 0.6 is 0 Å². The lowest BCUT2D eigenvalue weighted by molar-refractivity contribution is 0.172. The number of H-pyrrole nitrogens is 1. The number of hydrogen-bond acceptors (Lipinski definition) is 6. The van der Waals surface area contributed by atoms with E-state index in [1.807, 2.05) is 30.3 Å². The first-order valence-corrected chi connectivity index (χ1v) is 11.6. The van der Waals surface area contributed by atoms with E-state index in [-0.39, 0.29) is 11.6 Å². The van der Waals surface area contributed by atoms with Crippen molar-refractivity contribution in [1.82, 2.24) is 20.1 Å². The van der Waals surface area contributed by atoms with E-state index in [1.54, 1.807) is 26.2 Å². The van der Waals surface area contributed by atoms with Gasteiger partial charge in [-0.05, 0) is 60.9 Å². The minimum Gasteiger partial charge on any atom is -0.492 e. The van der Waals surface area contributed by atoms with Crippen LogP contribution < -0.4 is 14.8 Å². The molecule has 2 aliphatic heterocycles. The summed E-state index contributed by atoms with van der Waals surface area (Å²) in [5, 5.41) is 13.8. The van der Waals surface area contributed by atoms with E-state index in [9.17, 15) is 4.79 Å². The van der Waals surface area contributed by atoms with Crippen LogP contribution in [0.2, 0.25) is 0 Å². The summed E-state index contributed by atoms with van der Waals surface area (Å²) < 4.78 is 11.4. The van der Waals surface area contributed by atoms with Gasteiger partial charge in [0.25, 0.3) is 0 Å². The number of hydrogen-bond donors (Lipinski definition) is 2. The first-order valence-electron chi connectivity index (χ1n) is 11.6. The Balaban J connectivity index is 1.28. The summed E-state index contributed by atoms with van der Waals surface area (Å²) >= 11 is 0. The summed E-state index contributed by atoms with van der Waals surface area (Å²) in [5.41, 5.74) is 4.16. The second kappa shape index (κ2) is 9.01. The molecule has 5 rings (SSSR count). The average Bonchev–Trinajstić information content (AvgIpc) is 3.42. The van der Waals surface area contributed by atoms with Crippen LogP contribution in [0.25, 0.3) is 10.9 Å². The maximum atomic E-state index is 12.0. The average molecular weight is 460 g/mol. The third-order valence-corrected chi connectivity index (χ3v) is 6.77. The fourth-order valence-electron chi connectivity index (χ4n) is 5.01. The second-order valence-corrected chi connectivity index (χ2v) is 9.22. The van der Waals surface area contributed by atoms with Gasteiger partial charge in [0.2, 0.25) is 0 Å². The molecule has 2 aromatic carbocycles. The predicted molar refractivity (Wildman–Crippen MR) is 129 cm³/mol. The number of aromatic nitrogens is 1. The van der Waals surface area contributed by atoms with Gasteiger partial charge in [0, 0.05) is 56.9 Å². The van der Waals surface area contributed by atoms with Crippen LogP contribution in [0.15, 0.2) is 42.5 Å². The molecule has 176 valence electrons. The number of amides is 1. The zero-order valence-corrected chi connectivity index (χ0v) is 19.6. The molecule has 3 aromatic rings. The molecule has 8 heteroatoms. The fraction of sp³-hybridized carbons (Fsp3) is 0.385. The van der Waals surface area contributed by atoms with Crippen molar-refractivity contribution in [2.75, 3.05) is 46.9 Å². The normalized spacial score (nSPS) is 19.7. The van der Waals surface area contributed by atoms with Crippen molar-refractivity contribution in [3.8, 4) is 17.6 Å². The molecule has 34 heavy (non-hydrogen) atoms. The zero-order chi connectivity index (χ0) is 23.7. The third-order valence-electron chi connectivity index (χ3n) is 6.77. The molecule has 1 atom stereocenters. The SMILES string of the molecule is CN(C)C(=O)Oc1ccc2[nH]c3c(c2c1)CCN[C@@]31CCN(CCOc2ccc(C#N)cc2)C1. The van der Waals surface area contributed by atoms with Crippen LogP contribution in [-0.2, 0) is 12.0 Å². The number of carbonyl (C=O) groups excluding carboxylic acids is 1. The van der Waals surface area contributed by atoms with E-state index in [4.69, 9.17) is 14.7 Å². The number of aromatic amines is 1. The summed E-state index contributed by atoms with van der Waals surface area (Å²) in [4.78, 5) is 19.5. The number of nitriles is 1. The molecule has 1 amide bonds. The van der Waals surface area contributed by atoms with Gasteiger partial charge in [-0.1, -0.05) is 0 Å². The summed E-state index contributed by atoms with van der Waals surface area (Å²) in [6.45, 7) is 4.25. The lowest BCUT2D eigenvalue weighted by Crippen LogP contribution is -2.49. The molecule has 1 saturated heterocycles. The molecule has 0 radical (unpaired) electrons. The molecule has 0 unspecified atom stereocenters. The first-order chi connectivity index (χ1) is 16.5. The van der Waals surface area contributed by atoms with Gasteiger partial charge in [-0.2, -0.15) is 5.26 Å². The van der Waals surface area contributed by atoms with E-state index in [2.05, 4.69) is 21.3 Å². The van der Waals surface area contributed by atoms with Crippen LogP contribution in [0.3, 0.4) is 0 Å². The first kappa shape index (κ1) is 22.3. The minimum atomic E-state index is -0.378. The van der Waals surface area contributed by atoms with E-state index < -0.39 is 0 Å². The van der Waals surface area contributed by atoms with E-state index in [1.165, 1.54) is 16.2 Å². The van der Waals surface area contributed by atoms with Gasteiger partial charge in [-0.25, -0.2) is 4.79 Å². The van der Waals surface area contributed by atoms with Crippen molar-refractivity contribution >= 4 is 17.0 Å². The summed E-state index contributed by atoms with van der Waals surface area (Å²) in [5.74, 6) is 1.35.